The van der Waals surface area contributed by atoms with Crippen LogP contribution in [0, 0.1) is 5.92 Å². The van der Waals surface area contributed by atoms with Crippen LogP contribution < -0.4 is 10.5 Å². The van der Waals surface area contributed by atoms with Crippen molar-refractivity contribution >= 4 is 0 Å². The van der Waals surface area contributed by atoms with Gasteiger partial charge in [-0.15, -0.1) is 0 Å². The molecule has 1 atom stereocenters. The van der Waals surface area contributed by atoms with E-state index < -0.39 is 0 Å². The fraction of sp³-hybridized carbons (Fsp3) is 0.400. The van der Waals surface area contributed by atoms with Crippen molar-refractivity contribution in [3.05, 3.63) is 35.7 Å². The van der Waals surface area contributed by atoms with Gasteiger partial charge in [0, 0.05) is 12.0 Å². The lowest BCUT2D eigenvalue weighted by atomic mass is 9.91. The molecule has 0 saturated carbocycles. The van der Waals surface area contributed by atoms with Crippen LogP contribution in [0.1, 0.15) is 17.9 Å². The third-order valence-corrected chi connectivity index (χ3v) is 3.69. The highest BCUT2D eigenvalue weighted by molar-refractivity contribution is 5.56. The summed E-state index contributed by atoms with van der Waals surface area (Å²) in [7, 11) is 1.66. The monoisotopic (exact) mass is 258 g/mol. The fourth-order valence-electron chi connectivity index (χ4n) is 2.52. The second kappa shape index (κ2) is 5.05. The molecule has 1 unspecified atom stereocenters. The minimum atomic E-state index is 0.526. The topological polar surface area (TPSA) is 61.3 Å². The van der Waals surface area contributed by atoms with Gasteiger partial charge in [0.15, 0.2) is 0 Å². The highest BCUT2D eigenvalue weighted by atomic mass is 16.5. The van der Waals surface area contributed by atoms with Crippen LogP contribution in [0.2, 0.25) is 0 Å². The maximum absolute atomic E-state index is 5.90. The summed E-state index contributed by atoms with van der Waals surface area (Å²) in [4.78, 5) is 4.60. The number of benzene rings is 1. The van der Waals surface area contributed by atoms with E-state index in [1.807, 2.05) is 24.3 Å². The van der Waals surface area contributed by atoms with Gasteiger partial charge in [0.25, 0.3) is 0 Å². The lowest BCUT2D eigenvalue weighted by molar-refractivity contribution is 0.400. The molecule has 0 fully saturated rings. The lowest BCUT2D eigenvalue weighted by Gasteiger charge is -2.17. The first-order valence-electron chi connectivity index (χ1n) is 6.63. The van der Waals surface area contributed by atoms with Crippen molar-refractivity contribution in [3.63, 3.8) is 0 Å². The molecule has 1 aliphatic carbocycles. The Kier molecular flexibility index (Phi) is 3.25. The molecule has 0 bridgehead atoms. The Hall–Kier alpha value is -1.81. The van der Waals surface area contributed by atoms with E-state index >= 15 is 0 Å². The molecule has 3 rings (SSSR count). The van der Waals surface area contributed by atoms with Gasteiger partial charge in [-0.3, -0.25) is 0 Å². The minimum absolute atomic E-state index is 0.526. The van der Waals surface area contributed by atoms with Crippen LogP contribution in [0.3, 0.4) is 0 Å². The second-order valence-corrected chi connectivity index (χ2v) is 4.97. The first-order valence-corrected chi connectivity index (χ1v) is 6.63. The van der Waals surface area contributed by atoms with Gasteiger partial charge in [-0.05, 0) is 43.5 Å². The van der Waals surface area contributed by atoms with Crippen LogP contribution in [0.25, 0.3) is 11.5 Å². The summed E-state index contributed by atoms with van der Waals surface area (Å²) in [5.74, 6) is 3.02. The number of ether oxygens (including phenoxy) is 1. The summed E-state index contributed by atoms with van der Waals surface area (Å²) in [6.45, 7) is 0.717. The summed E-state index contributed by atoms with van der Waals surface area (Å²) in [5, 5.41) is 0. The van der Waals surface area contributed by atoms with Crippen molar-refractivity contribution in [2.75, 3.05) is 13.7 Å². The van der Waals surface area contributed by atoms with Crippen molar-refractivity contribution in [1.29, 1.82) is 0 Å². The summed E-state index contributed by atoms with van der Waals surface area (Å²) in [6.07, 6.45) is 2.97. The smallest absolute Gasteiger partial charge is 0.226 e. The van der Waals surface area contributed by atoms with E-state index in [2.05, 4.69) is 4.98 Å². The second-order valence-electron chi connectivity index (χ2n) is 4.97. The number of hydrogen-bond acceptors (Lipinski definition) is 4. The van der Waals surface area contributed by atoms with E-state index in [-0.39, 0.29) is 0 Å². The summed E-state index contributed by atoms with van der Waals surface area (Å²) in [6, 6.07) is 7.79. The van der Waals surface area contributed by atoms with Crippen LogP contribution in [-0.2, 0) is 12.8 Å². The predicted octanol–water partition coefficient (Wildman–Crippen LogP) is 2.41. The quantitative estimate of drug-likeness (QED) is 0.918. The summed E-state index contributed by atoms with van der Waals surface area (Å²) < 4.78 is 11.1. The van der Waals surface area contributed by atoms with Gasteiger partial charge in [-0.25, -0.2) is 4.98 Å². The van der Waals surface area contributed by atoms with Gasteiger partial charge >= 0.3 is 0 Å². The molecule has 19 heavy (non-hydrogen) atoms. The van der Waals surface area contributed by atoms with Crippen LogP contribution in [-0.4, -0.2) is 18.6 Å². The summed E-state index contributed by atoms with van der Waals surface area (Å²) in [5.41, 5.74) is 7.78. The number of oxazole rings is 1. The van der Waals surface area contributed by atoms with Gasteiger partial charge in [-0.2, -0.15) is 0 Å². The first-order chi connectivity index (χ1) is 9.30. The van der Waals surface area contributed by atoms with Crippen LogP contribution in [0.15, 0.2) is 28.7 Å². The Labute approximate surface area is 112 Å². The van der Waals surface area contributed by atoms with E-state index in [9.17, 15) is 0 Å². The van der Waals surface area contributed by atoms with Gasteiger partial charge < -0.3 is 14.9 Å². The zero-order chi connectivity index (χ0) is 13.2. The molecule has 0 aliphatic heterocycles. The van der Waals surface area contributed by atoms with Gasteiger partial charge in [-0.1, -0.05) is 6.07 Å². The predicted molar refractivity (Wildman–Crippen MR) is 73.1 cm³/mol. The van der Waals surface area contributed by atoms with E-state index in [4.69, 9.17) is 14.9 Å². The molecule has 0 radical (unpaired) electrons. The number of nitrogens with two attached hydrogens (primary N) is 1. The molecular formula is C15H18N2O2. The average Bonchev–Trinajstić information content (AvgIpc) is 2.90. The Morgan fingerprint density at radius 3 is 3.16 bits per heavy atom. The van der Waals surface area contributed by atoms with Gasteiger partial charge in [0.05, 0.1) is 12.8 Å². The van der Waals surface area contributed by atoms with Crippen LogP contribution >= 0.6 is 0 Å². The molecule has 1 aromatic carbocycles. The molecule has 2 N–H and O–H groups in total. The largest absolute Gasteiger partial charge is 0.497 e. The number of aryl methyl sites for hydroxylation is 1. The lowest BCUT2D eigenvalue weighted by Crippen LogP contribution is -2.21. The number of aromatic nitrogens is 1. The van der Waals surface area contributed by atoms with Crippen LogP contribution in [0.4, 0.5) is 0 Å². The van der Waals surface area contributed by atoms with Gasteiger partial charge in [0.2, 0.25) is 5.89 Å². The molecule has 1 aromatic heterocycles. The zero-order valence-electron chi connectivity index (χ0n) is 11.1. The van der Waals surface area contributed by atoms with Crippen molar-refractivity contribution in [3.8, 4) is 17.2 Å². The Bertz CT molecular complexity index is 577. The maximum Gasteiger partial charge on any atom is 0.226 e. The first kappa shape index (κ1) is 12.2. The number of rotatable bonds is 3. The van der Waals surface area contributed by atoms with Crippen LogP contribution in [0.5, 0.6) is 5.75 Å². The Morgan fingerprint density at radius 1 is 1.47 bits per heavy atom. The average molecular weight is 258 g/mol. The van der Waals surface area contributed by atoms with Crippen molar-refractivity contribution < 1.29 is 9.15 Å². The molecule has 0 amide bonds. The highest BCUT2D eigenvalue weighted by Crippen LogP contribution is 2.30. The fourth-order valence-corrected chi connectivity index (χ4v) is 2.52. The van der Waals surface area contributed by atoms with Crippen molar-refractivity contribution in [1.82, 2.24) is 4.98 Å². The normalized spacial score (nSPS) is 18.1. The molecule has 4 nitrogen and oxygen atoms in total. The standard InChI is InChI=1S/C15H18N2O2/c1-18-12-4-2-3-11(8-12)15-17-13-6-5-10(9-16)7-14(13)19-15/h2-4,8,10H,5-7,9,16H2,1H3. The molecule has 2 aromatic rings. The molecule has 0 saturated heterocycles. The third kappa shape index (κ3) is 2.36. The number of fused-ring (bicyclic) bond motifs is 1. The SMILES string of the molecule is COc1cccc(-c2nc3c(o2)CC(CN)CC3)c1. The van der Waals surface area contributed by atoms with Crippen molar-refractivity contribution in [2.45, 2.75) is 19.3 Å². The number of nitrogens with zero attached hydrogens (tertiary/aromatic N) is 1. The number of hydrogen-bond donors (Lipinski definition) is 1. The minimum Gasteiger partial charge on any atom is -0.497 e. The Balaban J connectivity index is 1.92. The molecule has 4 heteroatoms. The molecular weight excluding hydrogens is 240 g/mol. The van der Waals surface area contributed by atoms with E-state index in [0.717, 1.165) is 42.0 Å². The van der Waals surface area contributed by atoms with Gasteiger partial charge in [0.1, 0.15) is 11.5 Å². The molecule has 100 valence electrons. The van der Waals surface area contributed by atoms with E-state index in [1.54, 1.807) is 7.11 Å². The Morgan fingerprint density at radius 2 is 2.37 bits per heavy atom. The highest BCUT2D eigenvalue weighted by Gasteiger charge is 2.23. The maximum atomic E-state index is 5.90. The third-order valence-electron chi connectivity index (χ3n) is 3.69. The summed E-state index contributed by atoms with van der Waals surface area (Å²) >= 11 is 0. The molecule has 0 spiro atoms. The van der Waals surface area contributed by atoms with E-state index in [0.29, 0.717) is 18.4 Å². The number of methoxy groups -OCH3 is 1. The molecule has 1 heterocycles. The zero-order valence-corrected chi connectivity index (χ0v) is 11.1. The van der Waals surface area contributed by atoms with E-state index in [1.165, 1.54) is 0 Å². The van der Waals surface area contributed by atoms with Crippen molar-refractivity contribution in [2.24, 2.45) is 11.7 Å². The molecule has 1 aliphatic rings.